The maximum atomic E-state index is 13.1. The van der Waals surface area contributed by atoms with Gasteiger partial charge in [-0.3, -0.25) is 4.40 Å². The van der Waals surface area contributed by atoms with E-state index in [9.17, 15) is 34.8 Å². The number of thioether (sulfide) groups is 1. The first kappa shape index (κ1) is 22.5. The molecule has 0 saturated heterocycles. The third kappa shape index (κ3) is 4.16. The number of halogens is 6. The van der Waals surface area contributed by atoms with E-state index >= 15 is 0 Å². The van der Waals surface area contributed by atoms with E-state index in [1.165, 1.54) is 13.0 Å². The van der Waals surface area contributed by atoms with Crippen LogP contribution < -0.4 is 0 Å². The van der Waals surface area contributed by atoms with Gasteiger partial charge in [-0.1, -0.05) is 6.92 Å². The van der Waals surface area contributed by atoms with Crippen molar-refractivity contribution in [1.82, 2.24) is 14.4 Å². The number of oxazole rings is 1. The van der Waals surface area contributed by atoms with Crippen LogP contribution in [0.15, 0.2) is 50.9 Å². The molecule has 0 bridgehead atoms. The van der Waals surface area contributed by atoms with Gasteiger partial charge in [-0.2, -0.15) is 26.3 Å². The third-order valence-electron chi connectivity index (χ3n) is 4.38. The molecule has 0 fully saturated rings. The van der Waals surface area contributed by atoms with Crippen molar-refractivity contribution in [2.24, 2.45) is 0 Å². The lowest BCUT2D eigenvalue weighted by Gasteiger charge is -2.07. The Labute approximate surface area is 180 Å². The molecule has 0 aliphatic carbocycles. The van der Waals surface area contributed by atoms with Crippen LogP contribution in [-0.4, -0.2) is 34.0 Å². The molecule has 3 heterocycles. The zero-order chi connectivity index (χ0) is 23.5. The van der Waals surface area contributed by atoms with E-state index in [0.29, 0.717) is 12.1 Å². The second kappa shape index (κ2) is 7.40. The Morgan fingerprint density at radius 3 is 2.41 bits per heavy atom. The van der Waals surface area contributed by atoms with Crippen LogP contribution in [-0.2, 0) is 16.0 Å². The zero-order valence-corrected chi connectivity index (χ0v) is 17.5. The first-order valence-electron chi connectivity index (χ1n) is 8.77. The number of sulfone groups is 1. The molecule has 32 heavy (non-hydrogen) atoms. The van der Waals surface area contributed by atoms with Gasteiger partial charge >= 0.3 is 11.7 Å². The summed E-state index contributed by atoms with van der Waals surface area (Å²) in [4.78, 5) is 7.86. The van der Waals surface area contributed by atoms with E-state index in [1.54, 1.807) is 0 Å². The highest BCUT2D eigenvalue weighted by Gasteiger charge is 2.33. The second-order valence-electron chi connectivity index (χ2n) is 6.51. The lowest BCUT2D eigenvalue weighted by molar-refractivity contribution is -0.137. The normalized spacial score (nSPS) is 13.3. The fourth-order valence-electron chi connectivity index (χ4n) is 2.98. The highest BCUT2D eigenvalue weighted by molar-refractivity contribution is 8.00. The molecule has 0 N–H and O–H groups in total. The van der Waals surface area contributed by atoms with E-state index in [-0.39, 0.29) is 50.7 Å². The van der Waals surface area contributed by atoms with E-state index in [4.69, 9.17) is 4.42 Å². The lowest BCUT2D eigenvalue weighted by atomic mass is 10.2. The summed E-state index contributed by atoms with van der Waals surface area (Å²) in [5.74, 6) is -0.736. The van der Waals surface area contributed by atoms with Gasteiger partial charge in [0.15, 0.2) is 26.1 Å². The second-order valence-corrected chi connectivity index (χ2v) is 9.84. The molecule has 0 aliphatic rings. The molecule has 6 nitrogen and oxygen atoms in total. The summed E-state index contributed by atoms with van der Waals surface area (Å²) in [6.07, 6.45) is -3.75. The summed E-state index contributed by atoms with van der Waals surface area (Å²) in [6.45, 7) is 1.34. The highest BCUT2D eigenvalue weighted by atomic mass is 32.2. The van der Waals surface area contributed by atoms with Crippen molar-refractivity contribution in [3.05, 3.63) is 42.1 Å². The number of imidazole rings is 1. The predicted octanol–water partition coefficient (Wildman–Crippen LogP) is 5.57. The first-order chi connectivity index (χ1) is 14.8. The van der Waals surface area contributed by atoms with Gasteiger partial charge in [0.2, 0.25) is 5.89 Å². The van der Waals surface area contributed by atoms with E-state index in [2.05, 4.69) is 9.97 Å². The van der Waals surface area contributed by atoms with E-state index in [0.717, 1.165) is 22.7 Å². The number of alkyl halides is 6. The molecule has 0 radical (unpaired) electrons. The third-order valence-corrected chi connectivity index (χ3v) is 6.84. The summed E-state index contributed by atoms with van der Waals surface area (Å²) in [5, 5.41) is -0.430. The minimum Gasteiger partial charge on any atom is -0.435 e. The average molecular weight is 495 g/mol. The number of nitrogens with zero attached hydrogens (tertiary/aromatic N) is 3. The summed E-state index contributed by atoms with van der Waals surface area (Å²) >= 11 is -0.364. The number of hydrogen-bond donors (Lipinski definition) is 0. The number of fused-ring (bicyclic) bond motifs is 2. The molecule has 0 unspecified atom stereocenters. The van der Waals surface area contributed by atoms with Crippen LogP contribution in [0, 0.1) is 0 Å². The highest BCUT2D eigenvalue weighted by Crippen LogP contribution is 2.39. The minimum atomic E-state index is -4.68. The first-order valence-corrected chi connectivity index (χ1v) is 11.2. The summed E-state index contributed by atoms with van der Waals surface area (Å²) in [6, 6.07) is 4.87. The molecule has 0 amide bonds. The smallest absolute Gasteiger partial charge is 0.435 e. The zero-order valence-electron chi connectivity index (χ0n) is 15.8. The van der Waals surface area contributed by atoms with Crippen LogP contribution in [0.1, 0.15) is 12.5 Å². The van der Waals surface area contributed by atoms with Crippen LogP contribution >= 0.6 is 11.8 Å². The van der Waals surface area contributed by atoms with Crippen LogP contribution in [0.2, 0.25) is 0 Å². The molecule has 3 aromatic heterocycles. The summed E-state index contributed by atoms with van der Waals surface area (Å²) in [7, 11) is -4.01. The molecule has 4 rings (SSSR count). The lowest BCUT2D eigenvalue weighted by Crippen LogP contribution is -2.10. The topological polar surface area (TPSA) is 77.5 Å². The Balaban J connectivity index is 1.92. The Kier molecular flexibility index (Phi) is 5.19. The fourth-order valence-corrected chi connectivity index (χ4v) is 4.71. The molecule has 4 aromatic rings. The standard InChI is InChI=1S/C18H11F6N3O3S2/c1-2-32(28,29)16-14(26-13-7-9(17(19,20)21)5-6-27(13)16)15-25-11-8-10(31-18(22,23)24)3-4-12(11)30-15/h3-8H,2H2,1H3. The van der Waals surface area contributed by atoms with Gasteiger partial charge in [-0.15, -0.1) is 0 Å². The fraction of sp³-hybridized carbons (Fsp3) is 0.222. The van der Waals surface area contributed by atoms with Crippen molar-refractivity contribution in [2.45, 2.75) is 28.5 Å². The maximum absolute atomic E-state index is 13.1. The number of rotatable bonds is 4. The van der Waals surface area contributed by atoms with Gasteiger partial charge in [0, 0.05) is 11.1 Å². The number of benzene rings is 1. The molecule has 170 valence electrons. The van der Waals surface area contributed by atoms with Crippen LogP contribution in [0.5, 0.6) is 0 Å². The largest absolute Gasteiger partial charge is 0.446 e. The molecule has 0 spiro atoms. The van der Waals surface area contributed by atoms with E-state index in [1.807, 2.05) is 0 Å². The van der Waals surface area contributed by atoms with E-state index < -0.39 is 32.1 Å². The molecule has 14 heteroatoms. The van der Waals surface area contributed by atoms with Crippen molar-refractivity contribution in [1.29, 1.82) is 0 Å². The minimum absolute atomic E-state index is 0.00198. The van der Waals surface area contributed by atoms with Crippen LogP contribution in [0.4, 0.5) is 26.3 Å². The number of aromatic nitrogens is 3. The molecule has 0 saturated carbocycles. The Morgan fingerprint density at radius 1 is 1.06 bits per heavy atom. The van der Waals surface area contributed by atoms with Gasteiger partial charge in [-0.05, 0) is 42.1 Å². The van der Waals surface area contributed by atoms with Gasteiger partial charge < -0.3 is 4.42 Å². The molecule has 1 aromatic carbocycles. The van der Waals surface area contributed by atoms with Crippen LogP contribution in [0.3, 0.4) is 0 Å². The molecular weight excluding hydrogens is 484 g/mol. The monoisotopic (exact) mass is 495 g/mol. The van der Waals surface area contributed by atoms with Crippen molar-refractivity contribution in [2.75, 3.05) is 5.75 Å². The predicted molar refractivity (Wildman–Crippen MR) is 103 cm³/mol. The Bertz CT molecular complexity index is 1440. The van der Waals surface area contributed by atoms with Gasteiger partial charge in [0.25, 0.3) is 0 Å². The van der Waals surface area contributed by atoms with Gasteiger partial charge in [0.1, 0.15) is 11.2 Å². The molecular formula is C18H11F6N3O3S2. The van der Waals surface area contributed by atoms with Crippen molar-refractivity contribution in [3.8, 4) is 11.6 Å². The van der Waals surface area contributed by atoms with Gasteiger partial charge in [0.05, 0.1) is 11.3 Å². The van der Waals surface area contributed by atoms with Gasteiger partial charge in [-0.25, -0.2) is 18.4 Å². The average Bonchev–Trinajstić information content (AvgIpc) is 3.26. The van der Waals surface area contributed by atoms with Crippen molar-refractivity contribution in [3.63, 3.8) is 0 Å². The molecule has 0 atom stereocenters. The Morgan fingerprint density at radius 2 is 1.78 bits per heavy atom. The number of pyridine rings is 1. The van der Waals surface area contributed by atoms with Crippen LogP contribution in [0.25, 0.3) is 28.3 Å². The van der Waals surface area contributed by atoms with Crippen molar-refractivity contribution < 1.29 is 39.2 Å². The Hall–Kier alpha value is -2.74. The summed E-state index contributed by atoms with van der Waals surface area (Å²) in [5.41, 5.74) is -6.15. The summed E-state index contributed by atoms with van der Waals surface area (Å²) < 4.78 is 109. The SMILES string of the molecule is CCS(=O)(=O)c1c(-c2nc3cc(SC(F)(F)F)ccc3o2)nc2cc(C(F)(F)F)ccn12. The maximum Gasteiger partial charge on any atom is 0.446 e. The quantitative estimate of drug-likeness (QED) is 0.272. The molecule has 0 aliphatic heterocycles. The van der Waals surface area contributed by atoms with Crippen molar-refractivity contribution >= 4 is 38.3 Å². The number of hydrogen-bond acceptors (Lipinski definition) is 6.